The zero-order chi connectivity index (χ0) is 15.9. The number of nitrogens with two attached hydrogens (primary N) is 1. The third kappa shape index (κ3) is 2.86. The van der Waals surface area contributed by atoms with Crippen molar-refractivity contribution in [3.05, 3.63) is 42.6 Å². The van der Waals surface area contributed by atoms with E-state index in [1.165, 1.54) is 11.3 Å². The Balaban J connectivity index is 1.56. The molecule has 3 aromatic rings. The molecule has 0 saturated carbocycles. The first-order valence-electron chi connectivity index (χ1n) is 6.63. The van der Waals surface area contributed by atoms with E-state index in [2.05, 4.69) is 25.1 Å². The lowest BCUT2D eigenvalue weighted by Crippen LogP contribution is -2.22. The number of nitrogens with one attached hydrogen (secondary N) is 2. The molecule has 0 spiro atoms. The summed E-state index contributed by atoms with van der Waals surface area (Å²) in [5.41, 5.74) is 6.86. The maximum absolute atomic E-state index is 5.95. The first-order valence-corrected chi connectivity index (χ1v) is 10.1. The lowest BCUT2D eigenvalue weighted by molar-refractivity contribution is 0.632. The first-order chi connectivity index (χ1) is 11.1. The third-order valence-corrected chi connectivity index (χ3v) is 6.12. The highest BCUT2D eigenvalue weighted by atomic mass is 32.4. The van der Waals surface area contributed by atoms with Gasteiger partial charge >= 0.3 is 6.57 Å². The van der Waals surface area contributed by atoms with Crippen molar-refractivity contribution in [1.29, 1.82) is 0 Å². The number of hydrogen-bond acceptors (Lipinski definition) is 5. The van der Waals surface area contributed by atoms with Crippen molar-refractivity contribution in [2.24, 2.45) is 10.5 Å². The Labute approximate surface area is 140 Å². The quantitative estimate of drug-likeness (QED) is 0.366. The van der Waals surface area contributed by atoms with Crippen molar-refractivity contribution in [1.82, 2.24) is 9.97 Å². The molecule has 1 unspecified atom stereocenters. The van der Waals surface area contributed by atoms with Crippen molar-refractivity contribution in [3.8, 4) is 5.75 Å². The van der Waals surface area contributed by atoms with Crippen molar-refractivity contribution in [3.63, 3.8) is 0 Å². The largest absolute Gasteiger partial charge is 0.428 e. The predicted molar refractivity (Wildman–Crippen MR) is 97.6 cm³/mol. The van der Waals surface area contributed by atoms with Crippen LogP contribution < -0.4 is 20.7 Å². The predicted octanol–water partition coefficient (Wildman–Crippen LogP) is 3.15. The fourth-order valence-corrected chi connectivity index (χ4v) is 5.04. The average molecular weight is 362 g/mol. The molecule has 0 radical (unpaired) electrons. The Hall–Kier alpha value is -2.22. The molecule has 1 aliphatic heterocycles. The maximum atomic E-state index is 5.95. The number of nitrogens with zero attached hydrogens (tertiary/aromatic N) is 3. The molecule has 4 N–H and O–H groups in total. The van der Waals surface area contributed by atoms with Gasteiger partial charge in [-0.05, 0) is 36.1 Å². The fourth-order valence-electron chi connectivity index (χ4n) is 2.09. The molecule has 1 aromatic carbocycles. The van der Waals surface area contributed by atoms with Crippen molar-refractivity contribution in [2.75, 3.05) is 10.4 Å². The number of rotatable bonds is 2. The van der Waals surface area contributed by atoms with E-state index in [4.69, 9.17) is 22.1 Å². The number of anilines is 2. The second-order valence-electron chi connectivity index (χ2n) is 4.67. The second-order valence-corrected chi connectivity index (χ2v) is 8.83. The molecule has 116 valence electrons. The van der Waals surface area contributed by atoms with E-state index in [-0.39, 0.29) is 5.96 Å². The highest BCUT2D eigenvalue weighted by molar-refractivity contribution is 8.12. The third-order valence-electron chi connectivity index (χ3n) is 3.01. The Bertz CT molecular complexity index is 910. The van der Waals surface area contributed by atoms with Crippen molar-refractivity contribution < 1.29 is 4.52 Å². The van der Waals surface area contributed by atoms with Crippen LogP contribution >= 0.6 is 17.9 Å². The maximum Gasteiger partial charge on any atom is 0.325 e. The number of fused-ring (bicyclic) bond motifs is 2. The van der Waals surface area contributed by atoms with Crippen molar-refractivity contribution >= 4 is 56.8 Å². The van der Waals surface area contributed by atoms with Crippen LogP contribution in [0.25, 0.3) is 10.2 Å². The number of hydrogen-bond donors (Lipinski definition) is 3. The molecule has 3 heterocycles. The van der Waals surface area contributed by atoms with Gasteiger partial charge in [0, 0.05) is 6.20 Å². The monoisotopic (exact) mass is 362 g/mol. The van der Waals surface area contributed by atoms with E-state index in [0.717, 1.165) is 10.2 Å². The van der Waals surface area contributed by atoms with E-state index < -0.39 is 6.57 Å². The molecule has 1 aliphatic rings. The van der Waals surface area contributed by atoms with E-state index in [9.17, 15) is 0 Å². The van der Waals surface area contributed by atoms with E-state index in [1.54, 1.807) is 18.3 Å². The lowest BCUT2D eigenvalue weighted by Gasteiger charge is -2.10. The van der Waals surface area contributed by atoms with Gasteiger partial charge in [0.2, 0.25) is 5.96 Å². The Morgan fingerprint density at radius 1 is 1.35 bits per heavy atom. The normalized spacial score (nSPS) is 19.9. The Morgan fingerprint density at radius 3 is 3.04 bits per heavy atom. The van der Waals surface area contributed by atoms with Gasteiger partial charge in [0.15, 0.2) is 16.7 Å². The van der Waals surface area contributed by atoms with Gasteiger partial charge in [-0.3, -0.25) is 5.09 Å². The summed E-state index contributed by atoms with van der Waals surface area (Å²) >= 11 is 6.93. The van der Waals surface area contributed by atoms with Gasteiger partial charge in [-0.2, -0.15) is 4.76 Å². The fraction of sp³-hybridized carbons (Fsp3) is 0. The number of thiazole rings is 1. The molecular formula is C13H11N6OPS2. The molecule has 23 heavy (non-hydrogen) atoms. The van der Waals surface area contributed by atoms with Crippen LogP contribution in [0.15, 0.2) is 47.4 Å². The van der Waals surface area contributed by atoms with E-state index in [1.807, 2.05) is 24.3 Å². The van der Waals surface area contributed by atoms with Gasteiger partial charge in [-0.15, -0.1) is 0 Å². The highest BCUT2D eigenvalue weighted by Crippen LogP contribution is 2.56. The number of benzene rings is 1. The zero-order valence-corrected chi connectivity index (χ0v) is 14.2. The molecule has 4 rings (SSSR count). The van der Waals surface area contributed by atoms with Crippen LogP contribution in [0.2, 0.25) is 0 Å². The van der Waals surface area contributed by atoms with Crippen molar-refractivity contribution in [2.45, 2.75) is 0 Å². The molecule has 0 fully saturated rings. The molecule has 10 heteroatoms. The smallest absolute Gasteiger partial charge is 0.325 e. The van der Waals surface area contributed by atoms with Gasteiger partial charge in [0.25, 0.3) is 0 Å². The first kappa shape index (κ1) is 14.4. The minimum Gasteiger partial charge on any atom is -0.428 e. The summed E-state index contributed by atoms with van der Waals surface area (Å²) in [5.74, 6) is 1.34. The van der Waals surface area contributed by atoms with E-state index in [0.29, 0.717) is 16.7 Å². The summed E-state index contributed by atoms with van der Waals surface area (Å²) in [7, 11) is 0. The Morgan fingerprint density at radius 2 is 2.22 bits per heavy atom. The van der Waals surface area contributed by atoms with Crippen LogP contribution in [0.3, 0.4) is 0 Å². The number of guanidine groups is 1. The molecule has 2 aromatic heterocycles. The van der Waals surface area contributed by atoms with Crippen LogP contribution in [0.1, 0.15) is 0 Å². The van der Waals surface area contributed by atoms with Gasteiger partial charge in [-0.25, -0.2) is 9.97 Å². The SMILES string of the molecule is N/C(=N\P1(=S)Nc2ncccc2O1)Nc1nc2ccccc2s1. The van der Waals surface area contributed by atoms with Gasteiger partial charge in [0.1, 0.15) is 0 Å². The van der Waals surface area contributed by atoms with Gasteiger partial charge in [0.05, 0.1) is 10.2 Å². The standard InChI is InChI=1S/C13H11N6OPS2/c14-12(17-13-16-8-4-1-2-6-10(8)23-13)19-21(22)18-11-9(20-21)5-3-7-15-11/h1-7H,(H4,14,15,16,17,18,19,22). The van der Waals surface area contributed by atoms with Gasteiger partial charge < -0.3 is 15.6 Å². The molecule has 0 amide bonds. The zero-order valence-electron chi connectivity index (χ0n) is 11.6. The number of aromatic nitrogens is 2. The summed E-state index contributed by atoms with van der Waals surface area (Å²) in [4.78, 5) is 8.60. The summed E-state index contributed by atoms with van der Waals surface area (Å²) in [6.45, 7) is -2.68. The minimum atomic E-state index is -2.68. The van der Waals surface area contributed by atoms with Crippen LogP contribution in [0, 0.1) is 0 Å². The van der Waals surface area contributed by atoms with Crippen LogP contribution in [0.5, 0.6) is 5.75 Å². The summed E-state index contributed by atoms with van der Waals surface area (Å²) in [5, 5.41) is 6.64. The molecular weight excluding hydrogens is 351 g/mol. The number of para-hydroxylation sites is 1. The minimum absolute atomic E-state index is 0.160. The second kappa shape index (κ2) is 5.45. The average Bonchev–Trinajstić information content (AvgIpc) is 3.05. The highest BCUT2D eigenvalue weighted by Gasteiger charge is 2.30. The molecule has 0 aliphatic carbocycles. The summed E-state index contributed by atoms with van der Waals surface area (Å²) in [6.07, 6.45) is 1.66. The molecule has 0 saturated heterocycles. The Kier molecular flexibility index (Phi) is 3.41. The molecule has 7 nitrogen and oxygen atoms in total. The van der Waals surface area contributed by atoms with Crippen LogP contribution in [-0.2, 0) is 11.8 Å². The summed E-state index contributed by atoms with van der Waals surface area (Å²) in [6, 6.07) is 11.4. The number of pyridine rings is 1. The van der Waals surface area contributed by atoms with Crippen LogP contribution in [0.4, 0.5) is 10.9 Å². The van der Waals surface area contributed by atoms with E-state index >= 15 is 0 Å². The lowest BCUT2D eigenvalue weighted by atomic mass is 10.3. The molecule has 0 bridgehead atoms. The molecule has 1 atom stereocenters. The van der Waals surface area contributed by atoms with Gasteiger partial charge in [-0.1, -0.05) is 23.5 Å². The summed E-state index contributed by atoms with van der Waals surface area (Å²) < 4.78 is 11.0. The topological polar surface area (TPSA) is 97.5 Å². The van der Waals surface area contributed by atoms with Crippen LogP contribution in [-0.4, -0.2) is 15.9 Å².